The van der Waals surface area contributed by atoms with Gasteiger partial charge in [-0.3, -0.25) is 8.86 Å². The summed E-state index contributed by atoms with van der Waals surface area (Å²) in [6.07, 6.45) is -7.01. The molecule has 1 heterocycles. The molecule has 3 aromatic rings. The van der Waals surface area contributed by atoms with Crippen molar-refractivity contribution < 1.29 is 30.2 Å². The third-order valence-corrected chi connectivity index (χ3v) is 4.39. The Bertz CT molecular complexity index is 1110. The first kappa shape index (κ1) is 19.3. The summed E-state index contributed by atoms with van der Waals surface area (Å²) in [5.74, 6) is -0.471. The molecule has 0 spiro atoms. The van der Waals surface area contributed by atoms with E-state index in [9.17, 15) is 26.0 Å². The van der Waals surface area contributed by atoms with Crippen molar-refractivity contribution >= 4 is 21.0 Å². The molecule has 0 aliphatic carbocycles. The van der Waals surface area contributed by atoms with E-state index in [2.05, 4.69) is 9.28 Å². The zero-order valence-electron chi connectivity index (χ0n) is 14.2. The standard InChI is InChI=1S/C17H14F4N2O3S/c1-23-14-9-11(16(17(19,20)21)26-27(2,24)25)6-7-13(14)15(22-23)10-4-3-5-12(18)8-10/h3-9,16H,1-2H3. The van der Waals surface area contributed by atoms with E-state index < -0.39 is 28.2 Å². The molecular weight excluding hydrogens is 388 g/mol. The molecule has 27 heavy (non-hydrogen) atoms. The minimum Gasteiger partial charge on any atom is -0.267 e. The van der Waals surface area contributed by atoms with Crippen LogP contribution >= 0.6 is 0 Å². The van der Waals surface area contributed by atoms with E-state index in [-0.39, 0.29) is 5.56 Å². The lowest BCUT2D eigenvalue weighted by Gasteiger charge is -2.19. The summed E-state index contributed by atoms with van der Waals surface area (Å²) < 4.78 is 81.4. The number of nitrogens with zero attached hydrogens (tertiary/aromatic N) is 2. The monoisotopic (exact) mass is 402 g/mol. The van der Waals surface area contributed by atoms with Gasteiger partial charge >= 0.3 is 6.18 Å². The largest absolute Gasteiger partial charge is 0.420 e. The quantitative estimate of drug-likeness (QED) is 0.490. The third-order valence-electron chi connectivity index (χ3n) is 3.84. The predicted molar refractivity (Wildman–Crippen MR) is 90.8 cm³/mol. The number of alkyl halides is 3. The maximum atomic E-state index is 13.5. The van der Waals surface area contributed by atoms with Crippen LogP contribution in [0.1, 0.15) is 11.7 Å². The highest BCUT2D eigenvalue weighted by atomic mass is 32.2. The molecule has 0 saturated heterocycles. The minimum absolute atomic E-state index is 0.318. The van der Waals surface area contributed by atoms with Crippen molar-refractivity contribution in [1.82, 2.24) is 9.78 Å². The molecule has 0 N–H and O–H groups in total. The highest BCUT2D eigenvalue weighted by Gasteiger charge is 2.44. The van der Waals surface area contributed by atoms with Gasteiger partial charge in [0.05, 0.1) is 11.8 Å². The zero-order chi connectivity index (χ0) is 20.0. The lowest BCUT2D eigenvalue weighted by atomic mass is 10.0. The fraction of sp³-hybridized carbons (Fsp3) is 0.235. The van der Waals surface area contributed by atoms with Crippen LogP contribution in [-0.4, -0.2) is 30.6 Å². The molecule has 5 nitrogen and oxygen atoms in total. The average molecular weight is 402 g/mol. The second-order valence-corrected chi connectivity index (χ2v) is 7.58. The first-order valence-electron chi connectivity index (χ1n) is 7.63. The van der Waals surface area contributed by atoms with Crippen molar-refractivity contribution in [1.29, 1.82) is 0 Å². The molecule has 10 heteroatoms. The van der Waals surface area contributed by atoms with Crippen LogP contribution in [0.15, 0.2) is 42.5 Å². The second-order valence-electron chi connectivity index (χ2n) is 5.98. The molecule has 0 amide bonds. The summed E-state index contributed by atoms with van der Waals surface area (Å²) in [7, 11) is -2.82. The maximum absolute atomic E-state index is 13.5. The third kappa shape index (κ3) is 4.11. The van der Waals surface area contributed by atoms with Gasteiger partial charge < -0.3 is 0 Å². The number of aryl methyl sites for hydroxylation is 1. The summed E-state index contributed by atoms with van der Waals surface area (Å²) in [5.41, 5.74) is 0.798. The van der Waals surface area contributed by atoms with Crippen LogP contribution < -0.4 is 0 Å². The summed E-state index contributed by atoms with van der Waals surface area (Å²) in [4.78, 5) is 0. The predicted octanol–water partition coefficient (Wildman–Crippen LogP) is 3.96. The Morgan fingerprint density at radius 3 is 2.44 bits per heavy atom. The van der Waals surface area contributed by atoms with Crippen LogP contribution in [0.25, 0.3) is 22.2 Å². The van der Waals surface area contributed by atoms with Crippen molar-refractivity contribution in [2.45, 2.75) is 12.3 Å². The molecular formula is C17H14F4N2O3S. The van der Waals surface area contributed by atoms with Gasteiger partial charge in [0.1, 0.15) is 11.5 Å². The van der Waals surface area contributed by atoms with Gasteiger partial charge in [-0.2, -0.15) is 26.7 Å². The smallest absolute Gasteiger partial charge is 0.267 e. The van der Waals surface area contributed by atoms with Gasteiger partial charge in [0.25, 0.3) is 10.1 Å². The van der Waals surface area contributed by atoms with Crippen molar-refractivity contribution in [3.05, 3.63) is 53.8 Å². The Kier molecular flexibility index (Phi) is 4.73. The Hall–Kier alpha value is -2.46. The molecule has 1 aromatic heterocycles. The molecule has 3 rings (SSSR count). The molecule has 0 bridgehead atoms. The zero-order valence-corrected chi connectivity index (χ0v) is 15.0. The Morgan fingerprint density at radius 2 is 1.85 bits per heavy atom. The van der Waals surface area contributed by atoms with E-state index in [1.807, 2.05) is 0 Å². The number of rotatable bonds is 4. The van der Waals surface area contributed by atoms with Gasteiger partial charge in [-0.1, -0.05) is 24.3 Å². The van der Waals surface area contributed by atoms with Crippen LogP contribution in [-0.2, 0) is 21.3 Å². The Labute approximate surface area is 152 Å². The topological polar surface area (TPSA) is 61.2 Å². The molecule has 0 aliphatic rings. The molecule has 1 unspecified atom stereocenters. The molecule has 0 radical (unpaired) electrons. The van der Waals surface area contributed by atoms with E-state index in [4.69, 9.17) is 0 Å². The van der Waals surface area contributed by atoms with Crippen LogP contribution in [0.4, 0.5) is 17.6 Å². The van der Waals surface area contributed by atoms with E-state index >= 15 is 0 Å². The van der Waals surface area contributed by atoms with Crippen molar-refractivity contribution in [3.63, 3.8) is 0 Å². The molecule has 0 aliphatic heterocycles. The SMILES string of the molecule is Cn1nc(-c2cccc(F)c2)c2ccc(C(OS(C)(=O)=O)C(F)(F)F)cc21. The van der Waals surface area contributed by atoms with Gasteiger partial charge in [-0.25, -0.2) is 4.39 Å². The van der Waals surface area contributed by atoms with Crippen LogP contribution in [0.2, 0.25) is 0 Å². The van der Waals surface area contributed by atoms with Gasteiger partial charge in [-0.15, -0.1) is 0 Å². The maximum Gasteiger partial charge on any atom is 0.420 e. The summed E-state index contributed by atoms with van der Waals surface area (Å²) in [6, 6.07) is 9.32. The molecule has 1 atom stereocenters. The number of fused-ring (bicyclic) bond motifs is 1. The highest BCUT2D eigenvalue weighted by molar-refractivity contribution is 7.86. The van der Waals surface area contributed by atoms with Gasteiger partial charge in [0.15, 0.2) is 6.10 Å². The van der Waals surface area contributed by atoms with Crippen molar-refractivity contribution in [2.75, 3.05) is 6.26 Å². The second kappa shape index (κ2) is 6.61. The number of aromatic nitrogens is 2. The average Bonchev–Trinajstić information content (AvgIpc) is 2.87. The van der Waals surface area contributed by atoms with E-state index in [1.54, 1.807) is 6.07 Å². The van der Waals surface area contributed by atoms with Crippen LogP contribution in [0.3, 0.4) is 0 Å². The van der Waals surface area contributed by atoms with Gasteiger partial charge in [0, 0.05) is 18.0 Å². The Balaban J connectivity index is 2.14. The van der Waals surface area contributed by atoms with Crippen molar-refractivity contribution in [3.8, 4) is 11.3 Å². The summed E-state index contributed by atoms with van der Waals surface area (Å²) in [5, 5.41) is 4.74. The first-order chi connectivity index (χ1) is 12.5. The summed E-state index contributed by atoms with van der Waals surface area (Å²) in [6.45, 7) is 0. The van der Waals surface area contributed by atoms with Crippen LogP contribution in [0.5, 0.6) is 0 Å². The minimum atomic E-state index is -4.93. The van der Waals surface area contributed by atoms with Crippen LogP contribution in [0, 0.1) is 5.82 Å². The fourth-order valence-electron chi connectivity index (χ4n) is 2.76. The van der Waals surface area contributed by atoms with Crippen molar-refractivity contribution in [2.24, 2.45) is 7.05 Å². The number of benzene rings is 2. The number of halogens is 4. The van der Waals surface area contributed by atoms with Gasteiger partial charge in [-0.05, 0) is 23.8 Å². The molecule has 2 aromatic carbocycles. The normalized spacial score (nSPS) is 13.9. The van der Waals surface area contributed by atoms with Gasteiger partial charge in [0.2, 0.25) is 0 Å². The molecule has 144 valence electrons. The molecule has 0 saturated carbocycles. The Morgan fingerprint density at radius 1 is 1.15 bits per heavy atom. The van der Waals surface area contributed by atoms with E-state index in [1.165, 1.54) is 36.0 Å². The van der Waals surface area contributed by atoms with E-state index in [0.717, 1.165) is 12.1 Å². The number of hydrogen-bond donors (Lipinski definition) is 0. The van der Waals surface area contributed by atoms with E-state index in [0.29, 0.717) is 28.4 Å². The summed E-state index contributed by atoms with van der Waals surface area (Å²) >= 11 is 0. The number of hydrogen-bond acceptors (Lipinski definition) is 4. The lowest BCUT2D eigenvalue weighted by Crippen LogP contribution is -2.26. The molecule has 0 fully saturated rings. The first-order valence-corrected chi connectivity index (χ1v) is 9.45. The fourth-order valence-corrected chi connectivity index (χ4v) is 3.33. The lowest BCUT2D eigenvalue weighted by molar-refractivity contribution is -0.196. The highest BCUT2D eigenvalue weighted by Crippen LogP contribution is 2.39.